The Balaban J connectivity index is 1.57. The molecule has 0 aliphatic heterocycles. The maximum atomic E-state index is 12.5. The minimum absolute atomic E-state index is 0.0447. The molecule has 1 fully saturated rings. The Hall–Kier alpha value is -3.75. The van der Waals surface area contributed by atoms with Gasteiger partial charge in [-0.1, -0.05) is 48.5 Å². The first-order valence-corrected chi connectivity index (χ1v) is 12.1. The van der Waals surface area contributed by atoms with Gasteiger partial charge in [-0.3, -0.25) is 5.32 Å². The number of carbonyl (C=O) groups excluding carboxylic acids is 3. The van der Waals surface area contributed by atoms with Gasteiger partial charge in [0.05, 0.1) is 6.61 Å². The van der Waals surface area contributed by atoms with Gasteiger partial charge >= 0.3 is 18.3 Å². The summed E-state index contributed by atoms with van der Waals surface area (Å²) in [4.78, 5) is 37.1. The van der Waals surface area contributed by atoms with Gasteiger partial charge in [0, 0.05) is 23.2 Å². The van der Waals surface area contributed by atoms with Crippen LogP contribution in [0, 0.1) is 5.92 Å². The summed E-state index contributed by atoms with van der Waals surface area (Å²) < 4.78 is 16.4. The third-order valence-corrected chi connectivity index (χ3v) is 5.65. The highest BCUT2D eigenvalue weighted by Gasteiger charge is 2.35. The molecule has 36 heavy (non-hydrogen) atoms. The number of rotatable bonds is 7. The number of alkyl carbamates (subject to hydrolysis) is 2. The Bertz CT molecular complexity index is 994. The van der Waals surface area contributed by atoms with Crippen molar-refractivity contribution >= 4 is 24.0 Å². The highest BCUT2D eigenvalue weighted by molar-refractivity contribution is 5.84. The summed E-state index contributed by atoms with van der Waals surface area (Å²) in [7, 11) is 0. The quantitative estimate of drug-likeness (QED) is 0.452. The smallest absolute Gasteiger partial charge is 0.411 e. The van der Waals surface area contributed by atoms with Crippen LogP contribution in [0.1, 0.15) is 45.6 Å². The summed E-state index contributed by atoms with van der Waals surface area (Å²) in [6.45, 7) is 5.82. The van der Waals surface area contributed by atoms with Gasteiger partial charge < -0.3 is 24.8 Å². The number of para-hydroxylation sites is 1. The van der Waals surface area contributed by atoms with Crippen LogP contribution in [-0.2, 0) is 20.8 Å². The molecule has 9 heteroatoms. The average Bonchev–Trinajstić information content (AvgIpc) is 2.83. The Morgan fingerprint density at radius 1 is 0.861 bits per heavy atom. The van der Waals surface area contributed by atoms with Crippen LogP contribution in [0.15, 0.2) is 60.7 Å². The largest absolute Gasteiger partial charge is 0.449 e. The van der Waals surface area contributed by atoms with Crippen LogP contribution < -0.4 is 16.0 Å². The Labute approximate surface area is 211 Å². The Morgan fingerprint density at radius 2 is 1.53 bits per heavy atom. The summed E-state index contributed by atoms with van der Waals surface area (Å²) in [5.74, 6) is -0.267. The van der Waals surface area contributed by atoms with Crippen LogP contribution in [0.2, 0.25) is 0 Å². The molecular weight excluding hydrogens is 462 g/mol. The number of hydrogen-bond acceptors (Lipinski definition) is 6. The van der Waals surface area contributed by atoms with Crippen molar-refractivity contribution in [2.24, 2.45) is 5.92 Å². The van der Waals surface area contributed by atoms with Crippen molar-refractivity contribution in [2.45, 2.75) is 64.3 Å². The van der Waals surface area contributed by atoms with Gasteiger partial charge in [-0.05, 0) is 57.7 Å². The van der Waals surface area contributed by atoms with E-state index in [4.69, 9.17) is 14.2 Å². The summed E-state index contributed by atoms with van der Waals surface area (Å²) >= 11 is 0. The minimum Gasteiger partial charge on any atom is -0.449 e. The lowest BCUT2D eigenvalue weighted by atomic mass is 9.83. The zero-order valence-corrected chi connectivity index (χ0v) is 21.0. The number of carbonyl (C=O) groups is 3. The highest BCUT2D eigenvalue weighted by Crippen LogP contribution is 2.28. The fourth-order valence-corrected chi connectivity index (χ4v) is 3.96. The topological polar surface area (TPSA) is 115 Å². The second-order valence-electron chi connectivity index (χ2n) is 9.88. The molecule has 1 aliphatic carbocycles. The van der Waals surface area contributed by atoms with E-state index in [9.17, 15) is 14.4 Å². The zero-order chi connectivity index (χ0) is 26.0. The van der Waals surface area contributed by atoms with Crippen LogP contribution in [0.4, 0.5) is 20.1 Å². The third kappa shape index (κ3) is 9.48. The fourth-order valence-electron chi connectivity index (χ4n) is 3.96. The van der Waals surface area contributed by atoms with E-state index >= 15 is 0 Å². The normalized spacial score (nSPS) is 19.5. The molecule has 0 heterocycles. The van der Waals surface area contributed by atoms with Gasteiger partial charge in [-0.2, -0.15) is 0 Å². The maximum Gasteiger partial charge on any atom is 0.411 e. The van der Waals surface area contributed by atoms with E-state index in [1.807, 2.05) is 69.3 Å². The molecule has 1 aliphatic rings. The molecule has 194 valence electrons. The molecule has 3 amide bonds. The second kappa shape index (κ2) is 12.8. The van der Waals surface area contributed by atoms with Crippen LogP contribution >= 0.6 is 0 Å². The Kier molecular flexibility index (Phi) is 9.55. The highest BCUT2D eigenvalue weighted by atomic mass is 16.6. The third-order valence-electron chi connectivity index (χ3n) is 5.65. The van der Waals surface area contributed by atoms with Crippen LogP contribution in [0.25, 0.3) is 0 Å². The second-order valence-corrected chi connectivity index (χ2v) is 9.88. The standard InChI is InChI=1S/C27H35N3O6/c1-27(2,3)30-26(33)36-22-14-15-23(29-25(32)34-17-19-10-6-4-7-11-19)20(16-22)18-35-24(31)28-21-12-8-5-9-13-21/h4-13,20,22-23H,14-18H2,1-3H3,(H,28,31)(H,29,32)(H,30,33)/t20-,22+,23-/m0/s1. The van der Waals surface area contributed by atoms with E-state index in [1.165, 1.54) is 0 Å². The maximum absolute atomic E-state index is 12.5. The molecule has 0 radical (unpaired) electrons. The lowest BCUT2D eigenvalue weighted by Gasteiger charge is -2.36. The summed E-state index contributed by atoms with van der Waals surface area (Å²) in [6.07, 6.45) is -0.470. The van der Waals surface area contributed by atoms with Crippen molar-refractivity contribution in [3.63, 3.8) is 0 Å². The van der Waals surface area contributed by atoms with Gasteiger partial charge in [0.1, 0.15) is 12.7 Å². The molecule has 0 bridgehead atoms. The number of benzene rings is 2. The molecule has 3 atom stereocenters. The number of anilines is 1. The first kappa shape index (κ1) is 26.8. The molecule has 2 aromatic rings. The molecule has 3 N–H and O–H groups in total. The van der Waals surface area contributed by atoms with Crippen molar-refractivity contribution in [1.82, 2.24) is 10.6 Å². The van der Waals surface area contributed by atoms with Crippen molar-refractivity contribution in [3.8, 4) is 0 Å². The molecule has 0 aromatic heterocycles. The average molecular weight is 498 g/mol. The SMILES string of the molecule is CC(C)(C)NC(=O)O[C@@H]1CC[C@H](NC(=O)OCc2ccccc2)[C@H](COC(=O)Nc2ccccc2)C1. The van der Waals surface area contributed by atoms with Gasteiger partial charge in [0.15, 0.2) is 0 Å². The molecular formula is C27H35N3O6. The van der Waals surface area contributed by atoms with Gasteiger partial charge in [-0.25, -0.2) is 14.4 Å². The van der Waals surface area contributed by atoms with E-state index < -0.39 is 23.8 Å². The van der Waals surface area contributed by atoms with Gasteiger partial charge in [0.25, 0.3) is 0 Å². The van der Waals surface area contributed by atoms with E-state index in [0.717, 1.165) is 5.56 Å². The number of amides is 3. The molecule has 9 nitrogen and oxygen atoms in total. The number of hydrogen-bond donors (Lipinski definition) is 3. The fraction of sp³-hybridized carbons (Fsp3) is 0.444. The Morgan fingerprint density at radius 3 is 2.19 bits per heavy atom. The van der Waals surface area contributed by atoms with E-state index in [0.29, 0.717) is 24.9 Å². The predicted octanol–water partition coefficient (Wildman–Crippen LogP) is 5.22. The van der Waals surface area contributed by atoms with Crippen molar-refractivity contribution in [2.75, 3.05) is 11.9 Å². The monoisotopic (exact) mass is 497 g/mol. The zero-order valence-electron chi connectivity index (χ0n) is 21.0. The minimum atomic E-state index is -0.597. The van der Waals surface area contributed by atoms with Crippen LogP contribution in [0.3, 0.4) is 0 Å². The van der Waals surface area contributed by atoms with Gasteiger partial charge in [0.2, 0.25) is 0 Å². The summed E-state index contributed by atoms with van der Waals surface area (Å²) in [5, 5.41) is 8.36. The summed E-state index contributed by atoms with van der Waals surface area (Å²) in [6, 6.07) is 18.1. The van der Waals surface area contributed by atoms with E-state index in [1.54, 1.807) is 12.1 Å². The lowest BCUT2D eigenvalue weighted by molar-refractivity contribution is 0.0251. The van der Waals surface area contributed by atoms with E-state index in [2.05, 4.69) is 16.0 Å². The van der Waals surface area contributed by atoms with Crippen molar-refractivity contribution < 1.29 is 28.6 Å². The van der Waals surface area contributed by atoms with Crippen molar-refractivity contribution in [3.05, 3.63) is 66.2 Å². The van der Waals surface area contributed by atoms with Crippen LogP contribution in [0.5, 0.6) is 0 Å². The van der Waals surface area contributed by atoms with Gasteiger partial charge in [-0.15, -0.1) is 0 Å². The molecule has 0 unspecified atom stereocenters. The lowest BCUT2D eigenvalue weighted by Crippen LogP contribution is -2.49. The first-order chi connectivity index (χ1) is 17.2. The molecule has 2 aromatic carbocycles. The summed E-state index contributed by atoms with van der Waals surface area (Å²) in [5.41, 5.74) is 1.08. The van der Waals surface area contributed by atoms with Crippen molar-refractivity contribution in [1.29, 1.82) is 0 Å². The molecule has 1 saturated carbocycles. The molecule has 3 rings (SSSR count). The number of ether oxygens (including phenoxy) is 3. The van der Waals surface area contributed by atoms with E-state index in [-0.39, 0.29) is 31.3 Å². The number of nitrogens with one attached hydrogen (secondary N) is 3. The molecule has 0 saturated heterocycles. The molecule has 0 spiro atoms. The predicted molar refractivity (Wildman–Crippen MR) is 135 cm³/mol. The van der Waals surface area contributed by atoms with Crippen LogP contribution in [-0.4, -0.2) is 42.6 Å². The first-order valence-electron chi connectivity index (χ1n) is 12.1.